The van der Waals surface area contributed by atoms with Crippen LogP contribution in [0, 0.1) is 24.1 Å². The van der Waals surface area contributed by atoms with Gasteiger partial charge < -0.3 is 14.6 Å². The van der Waals surface area contributed by atoms with Gasteiger partial charge in [0, 0.05) is 30.5 Å². The van der Waals surface area contributed by atoms with Crippen LogP contribution in [0.2, 0.25) is 0 Å². The molecule has 36 heavy (non-hydrogen) atoms. The van der Waals surface area contributed by atoms with E-state index in [4.69, 9.17) is 4.42 Å². The number of hydrogen-bond acceptors (Lipinski definition) is 9. The predicted octanol–water partition coefficient (Wildman–Crippen LogP) is 4.48. The molecule has 1 aromatic carbocycles. The summed E-state index contributed by atoms with van der Waals surface area (Å²) < 4.78 is 20.6. The summed E-state index contributed by atoms with van der Waals surface area (Å²) in [4.78, 5) is 15.5. The van der Waals surface area contributed by atoms with Crippen molar-refractivity contribution in [3.8, 4) is 40.4 Å². The Hall–Kier alpha value is -4.23. The van der Waals surface area contributed by atoms with Crippen LogP contribution in [0.25, 0.3) is 34.3 Å². The van der Waals surface area contributed by atoms with Gasteiger partial charge in [-0.25, -0.2) is 9.37 Å². The molecule has 0 aliphatic heterocycles. The summed E-state index contributed by atoms with van der Waals surface area (Å²) in [6.07, 6.45) is 3.27. The fourth-order valence-corrected chi connectivity index (χ4v) is 3.43. The third-order valence-electron chi connectivity index (χ3n) is 5.65. The highest BCUT2D eigenvalue weighted by atomic mass is 19.1. The number of nitriles is 1. The van der Waals surface area contributed by atoms with Gasteiger partial charge in [-0.3, -0.25) is 9.97 Å². The van der Waals surface area contributed by atoms with E-state index in [1.807, 2.05) is 25.1 Å². The van der Waals surface area contributed by atoms with Crippen LogP contribution in [-0.4, -0.2) is 57.2 Å². The molecule has 4 aromatic rings. The van der Waals surface area contributed by atoms with Gasteiger partial charge in [-0.1, -0.05) is 0 Å². The molecular formula is C26H27FN8O. The van der Waals surface area contributed by atoms with E-state index in [1.54, 1.807) is 51.4 Å². The Bertz CT molecular complexity index is 1420. The van der Waals surface area contributed by atoms with Crippen LogP contribution in [0.5, 0.6) is 0 Å². The Kier molecular flexibility index (Phi) is 7.03. The van der Waals surface area contributed by atoms with E-state index in [0.717, 1.165) is 12.1 Å². The highest BCUT2D eigenvalue weighted by Gasteiger charge is 2.23. The lowest BCUT2D eigenvalue weighted by Crippen LogP contribution is -2.20. The molecule has 0 saturated heterocycles. The van der Waals surface area contributed by atoms with E-state index in [0.29, 0.717) is 35.0 Å². The zero-order valence-corrected chi connectivity index (χ0v) is 20.9. The third kappa shape index (κ3) is 5.37. The van der Waals surface area contributed by atoms with Gasteiger partial charge in [0.25, 0.3) is 11.8 Å². The van der Waals surface area contributed by atoms with Crippen molar-refractivity contribution < 1.29 is 8.81 Å². The van der Waals surface area contributed by atoms with Crippen molar-refractivity contribution in [3.63, 3.8) is 0 Å². The predicted molar refractivity (Wildman–Crippen MR) is 134 cm³/mol. The molecule has 9 nitrogen and oxygen atoms in total. The second kappa shape index (κ2) is 10.2. The van der Waals surface area contributed by atoms with Crippen molar-refractivity contribution >= 4 is 5.69 Å². The van der Waals surface area contributed by atoms with Gasteiger partial charge in [0.15, 0.2) is 0 Å². The smallest absolute Gasteiger partial charge is 0.268 e. The van der Waals surface area contributed by atoms with Crippen LogP contribution in [0.1, 0.15) is 25.2 Å². The highest BCUT2D eigenvalue weighted by Crippen LogP contribution is 2.30. The van der Waals surface area contributed by atoms with Gasteiger partial charge in [0.2, 0.25) is 0 Å². The Labute approximate surface area is 209 Å². The summed E-state index contributed by atoms with van der Waals surface area (Å²) in [5.74, 6) is -0.284. The first-order valence-corrected chi connectivity index (χ1v) is 11.4. The van der Waals surface area contributed by atoms with Crippen LogP contribution in [0.15, 0.2) is 47.1 Å². The van der Waals surface area contributed by atoms with Gasteiger partial charge in [0.1, 0.15) is 11.5 Å². The lowest BCUT2D eigenvalue weighted by atomic mass is 9.90. The van der Waals surface area contributed by atoms with E-state index in [-0.39, 0.29) is 17.3 Å². The standard InChI is InChI=1S/C26H27FN8O/c1-16-23(32-21(14-31-16)17-8-9-30-22(12-17)26(2,3)15-28)25-34-33-24(36-25)19-7-6-18(13-20(19)27)29-10-11-35(4)5/h6-9,12-14,29H,10-11H2,1-5H3. The zero-order valence-electron chi connectivity index (χ0n) is 20.9. The summed E-state index contributed by atoms with van der Waals surface area (Å²) in [5, 5.41) is 20.8. The Balaban J connectivity index is 1.61. The number of hydrogen-bond donors (Lipinski definition) is 1. The number of likely N-dealkylation sites (N-methyl/N-ethyl adjacent to an activating group) is 1. The average molecular weight is 487 g/mol. The molecule has 4 rings (SSSR count). The Morgan fingerprint density at radius 1 is 1.11 bits per heavy atom. The maximum Gasteiger partial charge on any atom is 0.268 e. The highest BCUT2D eigenvalue weighted by molar-refractivity contribution is 5.64. The molecule has 0 fully saturated rings. The molecule has 0 amide bonds. The number of pyridine rings is 1. The number of anilines is 1. The number of aromatic nitrogens is 5. The van der Waals surface area contributed by atoms with Crippen LogP contribution >= 0.6 is 0 Å². The number of aryl methyl sites for hydroxylation is 1. The minimum atomic E-state index is -0.750. The lowest BCUT2D eigenvalue weighted by Gasteiger charge is -2.15. The SMILES string of the molecule is Cc1ncc(-c2ccnc(C(C)(C)C#N)c2)nc1-c1nnc(-c2ccc(NCCN(C)C)cc2F)o1. The number of halogens is 1. The van der Waals surface area contributed by atoms with Gasteiger partial charge in [0.05, 0.1) is 40.3 Å². The molecule has 0 radical (unpaired) electrons. The lowest BCUT2D eigenvalue weighted by molar-refractivity contribution is 0.425. The monoisotopic (exact) mass is 486 g/mol. The zero-order chi connectivity index (χ0) is 25.9. The van der Waals surface area contributed by atoms with Crippen LogP contribution in [-0.2, 0) is 5.41 Å². The minimum Gasteiger partial charge on any atom is -0.414 e. The number of nitrogens with one attached hydrogen (secondary N) is 1. The molecule has 0 spiro atoms. The normalized spacial score (nSPS) is 11.5. The van der Waals surface area contributed by atoms with Crippen molar-refractivity contribution in [2.75, 3.05) is 32.5 Å². The molecule has 0 bridgehead atoms. The number of rotatable bonds is 8. The summed E-state index contributed by atoms with van der Waals surface area (Å²) in [6.45, 7) is 6.90. The molecule has 0 saturated carbocycles. The van der Waals surface area contributed by atoms with Crippen LogP contribution in [0.3, 0.4) is 0 Å². The van der Waals surface area contributed by atoms with Crippen LogP contribution in [0.4, 0.5) is 10.1 Å². The first kappa shape index (κ1) is 24.9. The second-order valence-electron chi connectivity index (χ2n) is 9.19. The minimum absolute atomic E-state index is 0.0518. The molecule has 184 valence electrons. The van der Waals surface area contributed by atoms with Gasteiger partial charge >= 0.3 is 0 Å². The maximum absolute atomic E-state index is 14.8. The quantitative estimate of drug-likeness (QED) is 0.385. The van der Waals surface area contributed by atoms with Crippen molar-refractivity contribution in [2.45, 2.75) is 26.2 Å². The summed E-state index contributed by atoms with van der Waals surface area (Å²) in [5.41, 5.74) is 3.04. The molecule has 10 heteroatoms. The maximum atomic E-state index is 14.8. The van der Waals surface area contributed by atoms with E-state index in [9.17, 15) is 9.65 Å². The average Bonchev–Trinajstić information content (AvgIpc) is 3.34. The largest absolute Gasteiger partial charge is 0.414 e. The number of nitrogens with zero attached hydrogens (tertiary/aromatic N) is 7. The second-order valence-corrected chi connectivity index (χ2v) is 9.19. The Morgan fingerprint density at radius 2 is 1.89 bits per heavy atom. The Morgan fingerprint density at radius 3 is 2.61 bits per heavy atom. The van der Waals surface area contributed by atoms with Crippen molar-refractivity contribution in [1.29, 1.82) is 5.26 Å². The van der Waals surface area contributed by atoms with Gasteiger partial charge in [-0.15, -0.1) is 10.2 Å². The van der Waals surface area contributed by atoms with Gasteiger partial charge in [-0.05, 0) is 65.2 Å². The third-order valence-corrected chi connectivity index (χ3v) is 5.65. The fourth-order valence-electron chi connectivity index (χ4n) is 3.43. The van der Waals surface area contributed by atoms with E-state index in [1.165, 1.54) is 6.07 Å². The summed E-state index contributed by atoms with van der Waals surface area (Å²) in [6, 6.07) is 10.6. The topological polar surface area (TPSA) is 117 Å². The molecule has 3 heterocycles. The molecule has 0 aliphatic rings. The molecule has 0 atom stereocenters. The van der Waals surface area contributed by atoms with Crippen molar-refractivity contribution in [3.05, 3.63) is 59.9 Å². The summed E-state index contributed by atoms with van der Waals surface area (Å²) >= 11 is 0. The molecule has 3 aromatic heterocycles. The van der Waals surface area contributed by atoms with Gasteiger partial charge in [-0.2, -0.15) is 5.26 Å². The molecule has 0 unspecified atom stereocenters. The number of benzene rings is 1. The van der Waals surface area contributed by atoms with E-state index in [2.05, 4.69) is 36.5 Å². The first-order chi connectivity index (χ1) is 17.2. The fraction of sp³-hybridized carbons (Fsp3) is 0.308. The van der Waals surface area contributed by atoms with Crippen molar-refractivity contribution in [2.24, 2.45) is 0 Å². The van der Waals surface area contributed by atoms with Crippen LogP contribution < -0.4 is 5.32 Å². The van der Waals surface area contributed by atoms with E-state index >= 15 is 0 Å². The molecular weight excluding hydrogens is 459 g/mol. The van der Waals surface area contributed by atoms with E-state index < -0.39 is 11.2 Å². The summed E-state index contributed by atoms with van der Waals surface area (Å²) in [7, 11) is 3.95. The first-order valence-electron chi connectivity index (χ1n) is 11.4. The van der Waals surface area contributed by atoms with Crippen molar-refractivity contribution in [1.82, 2.24) is 30.0 Å². The molecule has 1 N–H and O–H groups in total. The molecule has 0 aliphatic carbocycles.